The fourth-order valence-corrected chi connectivity index (χ4v) is 3.22. The molecule has 4 rings (SSSR count). The van der Waals surface area contributed by atoms with Crippen molar-refractivity contribution >= 4 is 11.0 Å². The molecule has 2 heteroatoms. The molecule has 1 N–H and O–H groups in total. The van der Waals surface area contributed by atoms with Crippen LogP contribution in [0.15, 0.2) is 59.0 Å². The second-order valence-corrected chi connectivity index (χ2v) is 6.11. The number of hydrogen-bond acceptors (Lipinski definition) is 2. The van der Waals surface area contributed by atoms with E-state index in [9.17, 15) is 5.11 Å². The first-order chi connectivity index (χ1) is 10.2. The Bertz CT molecular complexity index is 782. The van der Waals surface area contributed by atoms with E-state index in [0.29, 0.717) is 5.76 Å². The van der Waals surface area contributed by atoms with Gasteiger partial charge in [-0.1, -0.05) is 42.0 Å². The smallest absolute Gasteiger partial charge is 0.134 e. The van der Waals surface area contributed by atoms with Crippen LogP contribution in [0.3, 0.4) is 0 Å². The lowest BCUT2D eigenvalue weighted by molar-refractivity contribution is 0.110. The molecule has 1 aliphatic carbocycles. The minimum atomic E-state index is -0.576. The summed E-state index contributed by atoms with van der Waals surface area (Å²) in [6.07, 6.45) is 1.44. The van der Waals surface area contributed by atoms with Crippen LogP contribution in [-0.4, -0.2) is 5.11 Å². The Morgan fingerprint density at radius 3 is 2.52 bits per heavy atom. The Labute approximate surface area is 124 Å². The fraction of sp³-hybridized carbons (Fsp3) is 0.263. The van der Waals surface area contributed by atoms with Crippen LogP contribution in [0.2, 0.25) is 0 Å². The van der Waals surface area contributed by atoms with Gasteiger partial charge in [0.1, 0.15) is 17.4 Å². The van der Waals surface area contributed by atoms with E-state index in [1.54, 1.807) is 0 Å². The van der Waals surface area contributed by atoms with Gasteiger partial charge in [0.2, 0.25) is 0 Å². The van der Waals surface area contributed by atoms with Gasteiger partial charge in [-0.05, 0) is 43.5 Å². The lowest BCUT2D eigenvalue weighted by Gasteiger charge is -2.20. The molecule has 0 saturated heterocycles. The van der Waals surface area contributed by atoms with E-state index >= 15 is 0 Å². The number of hydrogen-bond donors (Lipinski definition) is 1. The van der Waals surface area contributed by atoms with Gasteiger partial charge in [-0.25, -0.2) is 0 Å². The molecule has 0 spiro atoms. The third-order valence-electron chi connectivity index (χ3n) is 4.62. The van der Waals surface area contributed by atoms with Crippen LogP contribution in [0, 0.1) is 6.92 Å². The first kappa shape index (κ1) is 12.7. The van der Waals surface area contributed by atoms with E-state index in [1.165, 1.54) is 11.1 Å². The summed E-state index contributed by atoms with van der Waals surface area (Å²) in [5, 5.41) is 11.9. The molecule has 1 aliphatic rings. The summed E-state index contributed by atoms with van der Waals surface area (Å²) in [5.41, 5.74) is 3.09. The zero-order chi connectivity index (χ0) is 14.4. The first-order valence-electron chi connectivity index (χ1n) is 7.43. The van der Waals surface area contributed by atoms with Gasteiger partial charge in [0, 0.05) is 10.8 Å². The van der Waals surface area contributed by atoms with Crippen molar-refractivity contribution in [2.75, 3.05) is 0 Å². The molecule has 0 amide bonds. The van der Waals surface area contributed by atoms with Crippen LogP contribution >= 0.6 is 0 Å². The van der Waals surface area contributed by atoms with Gasteiger partial charge < -0.3 is 9.52 Å². The van der Waals surface area contributed by atoms with Crippen LogP contribution in [0.1, 0.15) is 35.8 Å². The van der Waals surface area contributed by atoms with E-state index in [2.05, 4.69) is 25.1 Å². The van der Waals surface area contributed by atoms with Gasteiger partial charge in [-0.2, -0.15) is 0 Å². The lowest BCUT2D eigenvalue weighted by atomic mass is 9.88. The van der Waals surface area contributed by atoms with Crippen LogP contribution in [0.5, 0.6) is 0 Å². The maximum Gasteiger partial charge on any atom is 0.134 e. The average molecular weight is 278 g/mol. The summed E-state index contributed by atoms with van der Waals surface area (Å²) < 4.78 is 5.88. The maximum atomic E-state index is 10.8. The number of fused-ring (bicyclic) bond motifs is 1. The molecule has 3 aromatic rings. The Kier molecular flexibility index (Phi) is 2.69. The van der Waals surface area contributed by atoms with Crippen molar-refractivity contribution in [2.24, 2.45) is 0 Å². The molecular formula is C19H18O2. The monoisotopic (exact) mass is 278 g/mol. The molecule has 2 nitrogen and oxygen atoms in total. The molecule has 0 aliphatic heterocycles. The van der Waals surface area contributed by atoms with E-state index in [1.807, 2.05) is 36.4 Å². The quantitative estimate of drug-likeness (QED) is 0.765. The highest BCUT2D eigenvalue weighted by atomic mass is 16.4. The van der Waals surface area contributed by atoms with Crippen molar-refractivity contribution in [3.63, 3.8) is 0 Å². The molecule has 2 aromatic carbocycles. The van der Waals surface area contributed by atoms with Crippen molar-refractivity contribution < 1.29 is 9.52 Å². The number of aliphatic hydroxyl groups excluding tert-OH is 1. The third kappa shape index (κ3) is 1.98. The van der Waals surface area contributed by atoms with Crippen LogP contribution in [-0.2, 0) is 5.41 Å². The highest BCUT2D eigenvalue weighted by molar-refractivity contribution is 5.78. The molecular weight excluding hydrogens is 260 g/mol. The third-order valence-corrected chi connectivity index (χ3v) is 4.62. The summed E-state index contributed by atoms with van der Waals surface area (Å²) in [4.78, 5) is 0. The molecule has 0 bridgehead atoms. The molecule has 21 heavy (non-hydrogen) atoms. The van der Waals surface area contributed by atoms with E-state index in [4.69, 9.17) is 4.42 Å². The van der Waals surface area contributed by atoms with Crippen molar-refractivity contribution in [3.05, 3.63) is 71.5 Å². The van der Waals surface area contributed by atoms with Crippen molar-refractivity contribution in [2.45, 2.75) is 31.3 Å². The zero-order valence-electron chi connectivity index (χ0n) is 12.0. The summed E-state index contributed by atoms with van der Waals surface area (Å²) in [6, 6.07) is 18.4. The normalized spacial score (nSPS) is 17.8. The second-order valence-electron chi connectivity index (χ2n) is 6.11. The van der Waals surface area contributed by atoms with Crippen LogP contribution < -0.4 is 0 Å². The Morgan fingerprint density at radius 2 is 1.81 bits per heavy atom. The Balaban J connectivity index is 1.75. The highest BCUT2D eigenvalue weighted by Crippen LogP contribution is 2.56. The van der Waals surface area contributed by atoms with Crippen LogP contribution in [0.4, 0.5) is 0 Å². The second kappa shape index (κ2) is 4.47. The molecule has 1 aromatic heterocycles. The predicted molar refractivity (Wildman–Crippen MR) is 83.3 cm³/mol. The van der Waals surface area contributed by atoms with Crippen molar-refractivity contribution in [3.8, 4) is 0 Å². The molecule has 1 saturated carbocycles. The summed E-state index contributed by atoms with van der Waals surface area (Å²) >= 11 is 0. The minimum Gasteiger partial charge on any atom is -0.458 e. The standard InChI is InChI=1S/C19H18O2/c1-13-7-8-16-14(11-13)12-17(21-16)18(20)19(9-10-19)15-5-3-2-4-6-15/h2-8,11-12,18,20H,9-10H2,1H3. The average Bonchev–Trinajstić information content (AvgIpc) is 3.21. The van der Waals surface area contributed by atoms with Gasteiger partial charge in [-0.3, -0.25) is 0 Å². The molecule has 106 valence electrons. The number of aryl methyl sites for hydroxylation is 1. The zero-order valence-corrected chi connectivity index (χ0v) is 12.0. The predicted octanol–water partition coefficient (Wildman–Crippen LogP) is 4.51. The fourth-order valence-electron chi connectivity index (χ4n) is 3.22. The highest BCUT2D eigenvalue weighted by Gasteiger charge is 2.52. The maximum absolute atomic E-state index is 10.8. The minimum absolute atomic E-state index is 0.163. The number of benzene rings is 2. The van der Waals surface area contributed by atoms with Gasteiger partial charge in [-0.15, -0.1) is 0 Å². The molecule has 1 heterocycles. The summed E-state index contributed by atoms with van der Waals surface area (Å²) in [6.45, 7) is 2.06. The van der Waals surface area contributed by atoms with E-state index in [-0.39, 0.29) is 5.41 Å². The van der Waals surface area contributed by atoms with Crippen LogP contribution in [0.25, 0.3) is 11.0 Å². The topological polar surface area (TPSA) is 33.4 Å². The molecule has 0 radical (unpaired) electrons. The molecule has 1 fully saturated rings. The van der Waals surface area contributed by atoms with Gasteiger partial charge >= 0.3 is 0 Å². The summed E-state index contributed by atoms with van der Waals surface area (Å²) in [7, 11) is 0. The largest absolute Gasteiger partial charge is 0.458 e. The van der Waals surface area contributed by atoms with Crippen molar-refractivity contribution in [1.29, 1.82) is 0 Å². The van der Waals surface area contributed by atoms with E-state index < -0.39 is 6.10 Å². The summed E-state index contributed by atoms with van der Waals surface area (Å²) in [5.74, 6) is 0.678. The molecule has 1 unspecified atom stereocenters. The molecule has 1 atom stereocenters. The van der Waals surface area contributed by atoms with Gasteiger partial charge in [0.25, 0.3) is 0 Å². The Morgan fingerprint density at radius 1 is 1.05 bits per heavy atom. The van der Waals surface area contributed by atoms with Crippen molar-refractivity contribution in [1.82, 2.24) is 0 Å². The van der Waals surface area contributed by atoms with Gasteiger partial charge in [0.15, 0.2) is 0 Å². The van der Waals surface area contributed by atoms with Gasteiger partial charge in [0.05, 0.1) is 0 Å². The first-order valence-corrected chi connectivity index (χ1v) is 7.43. The SMILES string of the molecule is Cc1ccc2oc(C(O)C3(c4ccccc4)CC3)cc2c1. The number of aliphatic hydroxyl groups is 1. The Hall–Kier alpha value is -2.06. The number of rotatable bonds is 3. The number of furan rings is 1. The van der Waals surface area contributed by atoms with E-state index in [0.717, 1.165) is 23.8 Å². The lowest BCUT2D eigenvalue weighted by Crippen LogP contribution is -2.17.